The molecule has 0 amide bonds. The molecule has 3 rings (SSSR count). The Hall–Kier alpha value is -2.09. The molecule has 7 nitrogen and oxygen atoms in total. The predicted molar refractivity (Wildman–Crippen MR) is 132 cm³/mol. The van der Waals surface area contributed by atoms with E-state index in [0.717, 1.165) is 14.6 Å². The van der Waals surface area contributed by atoms with Crippen LogP contribution in [-0.2, 0) is 14.8 Å². The number of unbranched alkanes of at least 4 members (excludes halogenated alkanes) is 2. The molecule has 1 aromatic rings. The lowest BCUT2D eigenvalue weighted by Crippen LogP contribution is -2.17. The molecule has 0 unspecified atom stereocenters. The summed E-state index contributed by atoms with van der Waals surface area (Å²) in [5.74, 6) is 0.607. The number of halogens is 3. The molecule has 1 aromatic carbocycles. The van der Waals surface area contributed by atoms with E-state index >= 15 is 0 Å². The van der Waals surface area contributed by atoms with Crippen LogP contribution in [0.1, 0.15) is 35.4 Å². The topological polar surface area (TPSA) is 90.3 Å². The van der Waals surface area contributed by atoms with Crippen molar-refractivity contribution in [2.45, 2.75) is 55.3 Å². The number of thioether (sulfide) groups is 1. The van der Waals surface area contributed by atoms with E-state index < -0.39 is 28.5 Å². The summed E-state index contributed by atoms with van der Waals surface area (Å²) in [5, 5.41) is 0. The maximum atomic E-state index is 12.9. The molecule has 192 valence electrons. The molecule has 1 N–H and O–H groups in total. The zero-order valence-corrected chi connectivity index (χ0v) is 21.9. The Kier molecular flexibility index (Phi) is 8.89. The third kappa shape index (κ3) is 7.21. The molecule has 0 radical (unpaired) electrons. The molecule has 2 aliphatic rings. The molecule has 35 heavy (non-hydrogen) atoms. The highest BCUT2D eigenvalue weighted by molar-refractivity contribution is 8.01. The number of nitrogens with zero attached hydrogens (tertiary/aromatic N) is 2. The number of ether oxygens (including phenoxy) is 1. The van der Waals surface area contributed by atoms with E-state index in [2.05, 4.69) is 14.4 Å². The summed E-state index contributed by atoms with van der Waals surface area (Å²) in [7, 11) is -3.96. The molecule has 0 spiro atoms. The van der Waals surface area contributed by atoms with Crippen molar-refractivity contribution in [1.29, 1.82) is 0 Å². The van der Waals surface area contributed by atoms with Gasteiger partial charge < -0.3 is 4.74 Å². The normalized spacial score (nSPS) is 12.4. The molecule has 13 heteroatoms. The minimum Gasteiger partial charge on any atom is -0.372 e. The SMILES string of the molecule is Cc1ccc(S(=O)(=O)Nc2nc(=O)n3c(C)c(C)sc(SCCCCCOCC(F)(F)F)c2-3)cc1. The summed E-state index contributed by atoms with van der Waals surface area (Å²) in [6.07, 6.45) is -2.43. The van der Waals surface area contributed by atoms with Crippen LogP contribution in [0, 0.1) is 20.8 Å². The molecule has 0 bridgehead atoms. The van der Waals surface area contributed by atoms with Crippen LogP contribution in [0.2, 0.25) is 0 Å². The smallest absolute Gasteiger partial charge is 0.372 e. The largest absolute Gasteiger partial charge is 0.411 e. The second-order valence-electron chi connectivity index (χ2n) is 7.95. The van der Waals surface area contributed by atoms with E-state index in [1.54, 1.807) is 19.1 Å². The van der Waals surface area contributed by atoms with E-state index in [1.165, 1.54) is 39.8 Å². The number of alkyl halides is 3. The lowest BCUT2D eigenvalue weighted by molar-refractivity contribution is -0.174. The van der Waals surface area contributed by atoms with E-state index in [9.17, 15) is 26.4 Å². The van der Waals surface area contributed by atoms with Crippen molar-refractivity contribution in [2.24, 2.45) is 0 Å². The van der Waals surface area contributed by atoms with Gasteiger partial charge in [0.1, 0.15) is 12.3 Å². The van der Waals surface area contributed by atoms with Gasteiger partial charge >= 0.3 is 11.9 Å². The van der Waals surface area contributed by atoms with Gasteiger partial charge in [-0.2, -0.15) is 18.2 Å². The summed E-state index contributed by atoms with van der Waals surface area (Å²) in [5.41, 5.74) is 1.42. The first kappa shape index (κ1) is 27.5. The van der Waals surface area contributed by atoms with Crippen LogP contribution in [0.3, 0.4) is 0 Å². The number of anilines is 1. The molecule has 0 atom stereocenters. The van der Waals surface area contributed by atoms with Crippen molar-refractivity contribution >= 4 is 38.9 Å². The van der Waals surface area contributed by atoms with Crippen molar-refractivity contribution < 1.29 is 26.3 Å². The summed E-state index contributed by atoms with van der Waals surface area (Å²) < 4.78 is 71.4. The fourth-order valence-corrected chi connectivity index (χ4v) is 6.76. The Morgan fingerprint density at radius 3 is 2.46 bits per heavy atom. The molecule has 0 aliphatic carbocycles. The summed E-state index contributed by atoms with van der Waals surface area (Å²) in [6.45, 7) is 4.28. The van der Waals surface area contributed by atoms with Crippen LogP contribution in [0.5, 0.6) is 0 Å². The molecule has 0 aromatic heterocycles. The van der Waals surface area contributed by atoms with E-state index in [4.69, 9.17) is 0 Å². The number of imidazole rings is 1. The Morgan fingerprint density at radius 1 is 1.11 bits per heavy atom. The molecule has 2 heterocycles. The van der Waals surface area contributed by atoms with Gasteiger partial charge in [0, 0.05) is 17.2 Å². The van der Waals surface area contributed by atoms with Crippen LogP contribution in [-0.4, -0.2) is 43.1 Å². The van der Waals surface area contributed by atoms with Gasteiger partial charge in [-0.15, -0.1) is 23.1 Å². The van der Waals surface area contributed by atoms with Crippen LogP contribution >= 0.6 is 23.1 Å². The number of rotatable bonds is 11. The van der Waals surface area contributed by atoms with Crippen LogP contribution in [0.15, 0.2) is 38.2 Å². The van der Waals surface area contributed by atoms with E-state index in [1.807, 2.05) is 13.8 Å². The predicted octanol–water partition coefficient (Wildman–Crippen LogP) is 5.30. The molecule has 0 saturated carbocycles. The van der Waals surface area contributed by atoms with Crippen molar-refractivity contribution in [1.82, 2.24) is 9.55 Å². The first-order valence-corrected chi connectivity index (χ1v) is 14.1. The number of benzene rings is 1. The highest BCUT2D eigenvalue weighted by Crippen LogP contribution is 2.38. The number of sulfonamides is 1. The average Bonchev–Trinajstić information content (AvgIpc) is 3.08. The number of aryl methyl sites for hydroxylation is 2. The number of hydrogen-bond acceptors (Lipinski definition) is 7. The molecular formula is C22H26F3N3O4S3. The monoisotopic (exact) mass is 549 g/mol. The maximum absolute atomic E-state index is 12.9. The van der Waals surface area contributed by atoms with Crippen molar-refractivity contribution in [2.75, 3.05) is 23.7 Å². The summed E-state index contributed by atoms with van der Waals surface area (Å²) in [4.78, 5) is 17.6. The van der Waals surface area contributed by atoms with Crippen molar-refractivity contribution in [3.63, 3.8) is 0 Å². The molecule has 0 saturated heterocycles. The fourth-order valence-electron chi connectivity index (χ4n) is 3.23. The Labute approximate surface area is 210 Å². The number of hydrogen-bond donors (Lipinski definition) is 1. The highest BCUT2D eigenvalue weighted by atomic mass is 32.2. The number of nitrogens with one attached hydrogen (secondary N) is 1. The minimum atomic E-state index is -4.32. The summed E-state index contributed by atoms with van der Waals surface area (Å²) >= 11 is 2.89. The fraction of sp³-hybridized carbons (Fsp3) is 0.455. The molecule has 2 aliphatic heterocycles. The third-order valence-electron chi connectivity index (χ3n) is 5.12. The molecular weight excluding hydrogens is 523 g/mol. The lowest BCUT2D eigenvalue weighted by atomic mass is 10.2. The van der Waals surface area contributed by atoms with E-state index in [-0.39, 0.29) is 17.3 Å². The second-order valence-corrected chi connectivity index (χ2v) is 12.2. The van der Waals surface area contributed by atoms with Gasteiger partial charge in [-0.25, -0.2) is 13.2 Å². The third-order valence-corrected chi connectivity index (χ3v) is 9.01. The van der Waals surface area contributed by atoms with Gasteiger partial charge in [-0.05, 0) is 51.5 Å². The van der Waals surface area contributed by atoms with Gasteiger partial charge in [0.05, 0.1) is 9.10 Å². The zero-order valence-electron chi connectivity index (χ0n) is 19.4. The standard InChI is InChI=1S/C22H26F3N3O4S3/c1-14-7-9-17(10-8-14)35(30,31)27-19-18-20(34-16(3)15(2)28(18)21(29)26-19)33-12-6-4-5-11-32-13-22(23,24)25/h7-10H,4-6,11-13H2,1-3H3,(H,26,27,29). The van der Waals surface area contributed by atoms with Gasteiger partial charge in [0.2, 0.25) is 0 Å². The van der Waals surface area contributed by atoms with Gasteiger partial charge in [-0.1, -0.05) is 24.1 Å². The highest BCUT2D eigenvalue weighted by Gasteiger charge is 2.28. The maximum Gasteiger partial charge on any atom is 0.411 e. The van der Waals surface area contributed by atoms with Crippen LogP contribution < -0.4 is 10.4 Å². The van der Waals surface area contributed by atoms with Gasteiger partial charge in [0.25, 0.3) is 10.0 Å². The number of fused-ring (bicyclic) bond motifs is 1. The van der Waals surface area contributed by atoms with Crippen LogP contribution in [0.4, 0.5) is 19.0 Å². The number of aromatic nitrogens is 2. The minimum absolute atomic E-state index is 0.0297. The lowest BCUT2D eigenvalue weighted by Gasteiger charge is -2.16. The second kappa shape index (κ2) is 11.3. The first-order chi connectivity index (χ1) is 16.4. The quantitative estimate of drug-likeness (QED) is 0.258. The van der Waals surface area contributed by atoms with Gasteiger partial charge in [-0.3, -0.25) is 9.29 Å². The zero-order chi connectivity index (χ0) is 25.8. The van der Waals surface area contributed by atoms with Gasteiger partial charge in [0.15, 0.2) is 5.82 Å². The Morgan fingerprint density at radius 2 is 1.80 bits per heavy atom. The van der Waals surface area contributed by atoms with Crippen molar-refractivity contribution in [3.8, 4) is 5.69 Å². The van der Waals surface area contributed by atoms with Crippen LogP contribution in [0.25, 0.3) is 5.69 Å². The first-order valence-electron chi connectivity index (χ1n) is 10.8. The average molecular weight is 550 g/mol. The van der Waals surface area contributed by atoms with Crippen molar-refractivity contribution in [3.05, 3.63) is 50.9 Å². The van der Waals surface area contributed by atoms with E-state index in [0.29, 0.717) is 36.4 Å². The Balaban J connectivity index is 1.74. The summed E-state index contributed by atoms with van der Waals surface area (Å²) in [6, 6.07) is 6.34. The Bertz CT molecular complexity index is 1290. The molecule has 0 fully saturated rings.